The third-order valence-corrected chi connectivity index (χ3v) is 2.65. The number of aliphatic hydroxyl groups is 1. The van der Waals surface area contributed by atoms with Gasteiger partial charge < -0.3 is 10.0 Å². The van der Waals surface area contributed by atoms with E-state index in [-0.39, 0.29) is 17.1 Å². The molecule has 0 aliphatic carbocycles. The Bertz CT molecular complexity index is 336. The van der Waals surface area contributed by atoms with Gasteiger partial charge in [-0.25, -0.2) is 0 Å². The molecule has 1 unspecified atom stereocenters. The molecule has 1 aromatic heterocycles. The van der Waals surface area contributed by atoms with Crippen LogP contribution in [-0.4, -0.2) is 46.0 Å². The fraction of sp³-hybridized carbons (Fsp3) is 0.625. The van der Waals surface area contributed by atoms with E-state index >= 15 is 0 Å². The molecule has 84 valence electrons. The van der Waals surface area contributed by atoms with Crippen molar-refractivity contribution in [2.45, 2.75) is 17.3 Å². The van der Waals surface area contributed by atoms with Crippen LogP contribution in [0.15, 0.2) is 5.16 Å². The molecular formula is C8H13ClN4OS. The van der Waals surface area contributed by atoms with Gasteiger partial charge in [0.2, 0.25) is 11.2 Å². The summed E-state index contributed by atoms with van der Waals surface area (Å²) in [6.07, 6.45) is 0. The minimum atomic E-state index is 0.0403. The van der Waals surface area contributed by atoms with Gasteiger partial charge in [0.25, 0.3) is 0 Å². The first-order valence-electron chi connectivity index (χ1n) is 4.39. The molecule has 0 aliphatic heterocycles. The molecule has 1 atom stereocenters. The fourth-order valence-electron chi connectivity index (χ4n) is 0.792. The maximum atomic E-state index is 8.91. The molecule has 0 radical (unpaired) electrons. The monoisotopic (exact) mass is 248 g/mol. The molecule has 5 nitrogen and oxygen atoms in total. The zero-order valence-corrected chi connectivity index (χ0v) is 10.4. The van der Waals surface area contributed by atoms with E-state index in [0.717, 1.165) is 0 Å². The van der Waals surface area contributed by atoms with E-state index in [9.17, 15) is 0 Å². The molecule has 0 amide bonds. The minimum Gasteiger partial charge on any atom is -0.395 e. The molecule has 0 saturated heterocycles. The van der Waals surface area contributed by atoms with Gasteiger partial charge in [0.05, 0.1) is 6.61 Å². The Morgan fingerprint density at radius 1 is 1.40 bits per heavy atom. The summed E-state index contributed by atoms with van der Waals surface area (Å²) in [4.78, 5) is 13.9. The predicted octanol–water partition coefficient (Wildman–Crippen LogP) is 1.06. The smallest absolute Gasteiger partial charge is 0.230 e. The van der Waals surface area contributed by atoms with Crippen LogP contribution in [0.3, 0.4) is 0 Å². The van der Waals surface area contributed by atoms with Gasteiger partial charge in [-0.3, -0.25) is 0 Å². The molecule has 0 saturated carbocycles. The highest BCUT2D eigenvalue weighted by atomic mass is 35.5. The van der Waals surface area contributed by atoms with E-state index < -0.39 is 0 Å². The summed E-state index contributed by atoms with van der Waals surface area (Å²) in [5.41, 5.74) is 0. The van der Waals surface area contributed by atoms with Crippen LogP contribution in [0.1, 0.15) is 6.92 Å². The minimum absolute atomic E-state index is 0.0403. The molecule has 0 bridgehead atoms. The SMILES string of the molecule is CC(CO)Sc1nc(Cl)nc(N(C)C)n1. The fourth-order valence-corrected chi connectivity index (χ4v) is 1.71. The van der Waals surface area contributed by atoms with Crippen LogP contribution < -0.4 is 4.90 Å². The van der Waals surface area contributed by atoms with Gasteiger partial charge in [0.1, 0.15) is 0 Å². The molecule has 1 rings (SSSR count). The van der Waals surface area contributed by atoms with Gasteiger partial charge in [0.15, 0.2) is 5.16 Å². The molecule has 1 N–H and O–H groups in total. The highest BCUT2D eigenvalue weighted by Gasteiger charge is 2.10. The number of hydrogen-bond acceptors (Lipinski definition) is 6. The number of aromatic nitrogens is 3. The van der Waals surface area contributed by atoms with E-state index in [2.05, 4.69) is 15.0 Å². The van der Waals surface area contributed by atoms with Crippen molar-refractivity contribution in [3.8, 4) is 0 Å². The number of hydrogen-bond donors (Lipinski definition) is 1. The van der Waals surface area contributed by atoms with Crippen LogP contribution in [0.2, 0.25) is 5.28 Å². The molecule has 7 heteroatoms. The number of rotatable bonds is 4. The Balaban J connectivity index is 2.88. The standard InChI is InChI=1S/C8H13ClN4OS/c1-5(4-14)15-8-11-6(9)10-7(12-8)13(2)3/h5,14H,4H2,1-3H3. The summed E-state index contributed by atoms with van der Waals surface area (Å²) < 4.78 is 0. The number of anilines is 1. The molecule has 1 heterocycles. The highest BCUT2D eigenvalue weighted by molar-refractivity contribution is 7.99. The molecular weight excluding hydrogens is 236 g/mol. The summed E-state index contributed by atoms with van der Waals surface area (Å²) in [6.45, 7) is 1.96. The van der Waals surface area contributed by atoms with Crippen molar-refractivity contribution < 1.29 is 5.11 Å². The summed E-state index contributed by atoms with van der Waals surface area (Å²) in [6, 6.07) is 0. The first-order chi connectivity index (χ1) is 7.02. The third kappa shape index (κ3) is 3.81. The van der Waals surface area contributed by atoms with Crippen molar-refractivity contribution in [1.82, 2.24) is 15.0 Å². The molecule has 0 aliphatic rings. The van der Waals surface area contributed by atoms with Gasteiger partial charge in [-0.1, -0.05) is 18.7 Å². The first kappa shape index (κ1) is 12.5. The molecule has 1 aromatic rings. The van der Waals surface area contributed by atoms with Gasteiger partial charge >= 0.3 is 0 Å². The van der Waals surface area contributed by atoms with Crippen molar-refractivity contribution in [2.75, 3.05) is 25.6 Å². The van der Waals surface area contributed by atoms with Crippen LogP contribution in [0.25, 0.3) is 0 Å². The topological polar surface area (TPSA) is 62.1 Å². The van der Waals surface area contributed by atoms with E-state index in [4.69, 9.17) is 16.7 Å². The summed E-state index contributed by atoms with van der Waals surface area (Å²) in [5.74, 6) is 0.516. The van der Waals surface area contributed by atoms with E-state index in [1.54, 1.807) is 4.90 Å². The summed E-state index contributed by atoms with van der Waals surface area (Å²) in [7, 11) is 3.66. The number of nitrogens with zero attached hydrogens (tertiary/aromatic N) is 4. The van der Waals surface area contributed by atoms with E-state index in [1.165, 1.54) is 11.8 Å². The largest absolute Gasteiger partial charge is 0.395 e. The Hall–Kier alpha value is -0.590. The molecule has 15 heavy (non-hydrogen) atoms. The third-order valence-electron chi connectivity index (χ3n) is 1.54. The first-order valence-corrected chi connectivity index (χ1v) is 5.65. The predicted molar refractivity (Wildman–Crippen MR) is 61.6 cm³/mol. The lowest BCUT2D eigenvalue weighted by atomic mass is 10.5. The Morgan fingerprint density at radius 2 is 2.07 bits per heavy atom. The van der Waals surface area contributed by atoms with Crippen LogP contribution in [-0.2, 0) is 0 Å². The van der Waals surface area contributed by atoms with Crippen molar-refractivity contribution in [1.29, 1.82) is 0 Å². The number of thioether (sulfide) groups is 1. The molecule has 0 aromatic carbocycles. The molecule has 0 fully saturated rings. The summed E-state index contributed by atoms with van der Waals surface area (Å²) >= 11 is 7.12. The van der Waals surface area contributed by atoms with E-state index in [0.29, 0.717) is 11.1 Å². The van der Waals surface area contributed by atoms with E-state index in [1.807, 2.05) is 21.0 Å². The second kappa shape index (κ2) is 5.48. The van der Waals surface area contributed by atoms with Gasteiger partial charge in [-0.2, -0.15) is 15.0 Å². The average Bonchev–Trinajstić information content (AvgIpc) is 2.16. The van der Waals surface area contributed by atoms with Crippen molar-refractivity contribution >= 4 is 29.3 Å². The maximum Gasteiger partial charge on any atom is 0.230 e. The lowest BCUT2D eigenvalue weighted by molar-refractivity contribution is 0.300. The van der Waals surface area contributed by atoms with Gasteiger partial charge in [-0.15, -0.1) is 0 Å². The Kier molecular flexibility index (Phi) is 4.56. The quantitative estimate of drug-likeness (QED) is 0.805. The lowest BCUT2D eigenvalue weighted by Gasteiger charge is -2.11. The molecule has 0 spiro atoms. The summed E-state index contributed by atoms with van der Waals surface area (Å²) in [5, 5.41) is 9.64. The van der Waals surface area contributed by atoms with Gasteiger partial charge in [-0.05, 0) is 11.6 Å². The highest BCUT2D eigenvalue weighted by Crippen LogP contribution is 2.21. The zero-order valence-electron chi connectivity index (χ0n) is 8.81. The van der Waals surface area contributed by atoms with Crippen LogP contribution in [0.5, 0.6) is 0 Å². The van der Waals surface area contributed by atoms with Crippen LogP contribution >= 0.6 is 23.4 Å². The van der Waals surface area contributed by atoms with Crippen LogP contribution in [0.4, 0.5) is 5.95 Å². The zero-order chi connectivity index (χ0) is 11.4. The van der Waals surface area contributed by atoms with Crippen molar-refractivity contribution in [3.63, 3.8) is 0 Å². The number of aliphatic hydroxyl groups excluding tert-OH is 1. The van der Waals surface area contributed by atoms with Gasteiger partial charge in [0, 0.05) is 19.3 Å². The maximum absolute atomic E-state index is 8.91. The lowest BCUT2D eigenvalue weighted by Crippen LogP contribution is -2.14. The van der Waals surface area contributed by atoms with Crippen LogP contribution in [0, 0.1) is 0 Å². The normalized spacial score (nSPS) is 12.6. The number of halogens is 1. The average molecular weight is 249 g/mol. The Morgan fingerprint density at radius 3 is 2.60 bits per heavy atom. The Labute approximate surface area is 97.9 Å². The second-order valence-corrected chi connectivity index (χ2v) is 4.94. The van der Waals surface area contributed by atoms with Crippen molar-refractivity contribution in [2.24, 2.45) is 0 Å². The van der Waals surface area contributed by atoms with Crippen molar-refractivity contribution in [3.05, 3.63) is 5.28 Å². The second-order valence-electron chi connectivity index (χ2n) is 3.19.